The molecule has 0 aromatic heterocycles. The maximum Gasteiger partial charge on any atom is 0.253 e. The third kappa shape index (κ3) is 5.48. The minimum Gasteiger partial charge on any atom is -0.508 e. The van der Waals surface area contributed by atoms with Gasteiger partial charge in [0, 0.05) is 37.3 Å². The van der Waals surface area contributed by atoms with Crippen molar-refractivity contribution in [2.75, 3.05) is 26.2 Å². The second-order valence-corrected chi connectivity index (χ2v) is 6.22. The summed E-state index contributed by atoms with van der Waals surface area (Å²) >= 11 is 0. The molecule has 2 N–H and O–H groups in total. The lowest BCUT2D eigenvalue weighted by atomic mass is 10.1. The number of aromatic hydroxyl groups is 2. The normalized spacial score (nSPS) is 10.4. The quantitative estimate of drug-likeness (QED) is 0.748. The van der Waals surface area contributed by atoms with Gasteiger partial charge in [-0.15, -0.1) is 0 Å². The minimum absolute atomic E-state index is 0.0609. The zero-order valence-electron chi connectivity index (χ0n) is 15.8. The van der Waals surface area contributed by atoms with Gasteiger partial charge in [-0.1, -0.05) is 12.1 Å². The van der Waals surface area contributed by atoms with Crippen molar-refractivity contribution in [2.45, 2.75) is 20.3 Å². The van der Waals surface area contributed by atoms with Gasteiger partial charge >= 0.3 is 0 Å². The van der Waals surface area contributed by atoms with Crippen LogP contribution < -0.4 is 0 Å². The van der Waals surface area contributed by atoms with E-state index in [-0.39, 0.29) is 23.3 Å². The van der Waals surface area contributed by atoms with E-state index in [9.17, 15) is 19.8 Å². The van der Waals surface area contributed by atoms with Crippen LogP contribution in [0.3, 0.4) is 0 Å². The monoisotopic (exact) mass is 370 g/mol. The van der Waals surface area contributed by atoms with Crippen LogP contribution in [0.1, 0.15) is 41.0 Å². The van der Waals surface area contributed by atoms with Gasteiger partial charge in [0.15, 0.2) is 0 Å². The van der Waals surface area contributed by atoms with Crippen molar-refractivity contribution in [3.8, 4) is 11.5 Å². The molecule has 0 aliphatic heterocycles. The summed E-state index contributed by atoms with van der Waals surface area (Å²) in [5.74, 6) is -0.164. The van der Waals surface area contributed by atoms with Crippen LogP contribution in [0.4, 0.5) is 0 Å². The summed E-state index contributed by atoms with van der Waals surface area (Å²) in [6.07, 6.45) is 0.636. The molecule has 2 aromatic rings. The maximum atomic E-state index is 12.6. The molecule has 0 fully saturated rings. The number of hydrogen-bond acceptors (Lipinski definition) is 4. The Balaban J connectivity index is 1.95. The number of amides is 2. The van der Waals surface area contributed by atoms with Gasteiger partial charge in [0.25, 0.3) is 11.8 Å². The van der Waals surface area contributed by atoms with Gasteiger partial charge in [-0.3, -0.25) is 9.59 Å². The van der Waals surface area contributed by atoms with E-state index in [0.29, 0.717) is 43.7 Å². The fourth-order valence-corrected chi connectivity index (χ4v) is 2.90. The molecule has 2 amide bonds. The Kier molecular flexibility index (Phi) is 7.23. The van der Waals surface area contributed by atoms with Gasteiger partial charge in [0.05, 0.1) is 0 Å². The van der Waals surface area contributed by atoms with Gasteiger partial charge in [-0.05, 0) is 56.7 Å². The fourth-order valence-electron chi connectivity index (χ4n) is 2.90. The van der Waals surface area contributed by atoms with Gasteiger partial charge in [0.1, 0.15) is 11.5 Å². The van der Waals surface area contributed by atoms with Crippen molar-refractivity contribution < 1.29 is 19.8 Å². The molecule has 0 saturated heterocycles. The van der Waals surface area contributed by atoms with Crippen LogP contribution in [0.25, 0.3) is 0 Å². The molecule has 0 atom stereocenters. The Labute approximate surface area is 159 Å². The predicted molar refractivity (Wildman–Crippen MR) is 104 cm³/mol. The fraction of sp³-hybridized carbons (Fsp3) is 0.333. The lowest BCUT2D eigenvalue weighted by Crippen LogP contribution is -2.36. The number of hydrogen-bond donors (Lipinski definition) is 2. The van der Waals surface area contributed by atoms with Gasteiger partial charge in [-0.2, -0.15) is 0 Å². The van der Waals surface area contributed by atoms with E-state index in [4.69, 9.17) is 0 Å². The molecular weight excluding hydrogens is 344 g/mol. The third-order valence-corrected chi connectivity index (χ3v) is 4.38. The summed E-state index contributed by atoms with van der Waals surface area (Å²) in [5.41, 5.74) is 0.889. The summed E-state index contributed by atoms with van der Waals surface area (Å²) < 4.78 is 0. The van der Waals surface area contributed by atoms with E-state index in [1.54, 1.807) is 34.1 Å². The lowest BCUT2D eigenvalue weighted by Gasteiger charge is -2.25. The lowest BCUT2D eigenvalue weighted by molar-refractivity contribution is 0.0727. The molecule has 0 aliphatic rings. The van der Waals surface area contributed by atoms with Crippen molar-refractivity contribution in [1.82, 2.24) is 9.80 Å². The van der Waals surface area contributed by atoms with E-state index in [1.807, 2.05) is 13.8 Å². The zero-order valence-corrected chi connectivity index (χ0v) is 15.8. The molecule has 0 unspecified atom stereocenters. The molecule has 0 bridgehead atoms. The molecule has 6 heteroatoms. The number of phenols is 2. The molecular formula is C21H26N2O4. The van der Waals surface area contributed by atoms with Crippen LogP contribution in [0.5, 0.6) is 11.5 Å². The maximum absolute atomic E-state index is 12.6. The summed E-state index contributed by atoms with van der Waals surface area (Å²) in [4.78, 5) is 28.5. The Morgan fingerprint density at radius 1 is 0.778 bits per heavy atom. The molecule has 0 saturated carbocycles. The number of carbonyl (C=O) groups excluding carboxylic acids is 2. The summed E-state index contributed by atoms with van der Waals surface area (Å²) in [7, 11) is 0. The minimum atomic E-state index is -0.143. The van der Waals surface area contributed by atoms with E-state index < -0.39 is 0 Å². The van der Waals surface area contributed by atoms with Gasteiger partial charge < -0.3 is 20.0 Å². The second kappa shape index (κ2) is 9.62. The largest absolute Gasteiger partial charge is 0.508 e. The van der Waals surface area contributed by atoms with Crippen LogP contribution in [0, 0.1) is 0 Å². The number of benzene rings is 2. The molecule has 6 nitrogen and oxygen atoms in total. The van der Waals surface area contributed by atoms with Crippen LogP contribution in [0.15, 0.2) is 48.5 Å². The smallest absolute Gasteiger partial charge is 0.253 e. The van der Waals surface area contributed by atoms with Crippen molar-refractivity contribution in [1.29, 1.82) is 0 Å². The molecule has 2 rings (SSSR count). The van der Waals surface area contributed by atoms with Crippen molar-refractivity contribution in [3.05, 3.63) is 59.7 Å². The van der Waals surface area contributed by atoms with Gasteiger partial charge in [-0.25, -0.2) is 0 Å². The summed E-state index contributed by atoms with van der Waals surface area (Å²) in [6, 6.07) is 12.6. The molecule has 27 heavy (non-hydrogen) atoms. The van der Waals surface area contributed by atoms with Crippen LogP contribution in [-0.2, 0) is 0 Å². The van der Waals surface area contributed by atoms with E-state index in [2.05, 4.69) is 0 Å². The highest BCUT2D eigenvalue weighted by molar-refractivity contribution is 5.95. The zero-order chi connectivity index (χ0) is 19.8. The van der Waals surface area contributed by atoms with E-state index in [1.165, 1.54) is 24.3 Å². The summed E-state index contributed by atoms with van der Waals surface area (Å²) in [6.45, 7) is 5.90. The first kappa shape index (κ1) is 20.3. The highest BCUT2D eigenvalue weighted by Crippen LogP contribution is 2.15. The first-order valence-electron chi connectivity index (χ1n) is 9.12. The standard InChI is InChI=1S/C21H26N2O4/c1-3-22(20(26)16-8-5-10-18(24)14-16)12-7-13-23(4-2)21(27)17-9-6-11-19(25)15-17/h5-6,8-11,14-15,24-25H,3-4,7,12-13H2,1-2H3. The number of rotatable bonds is 8. The average molecular weight is 370 g/mol. The topological polar surface area (TPSA) is 81.1 Å². The van der Waals surface area contributed by atoms with Crippen LogP contribution >= 0.6 is 0 Å². The Bertz CT molecular complexity index is 726. The average Bonchev–Trinajstić information content (AvgIpc) is 2.67. The van der Waals surface area contributed by atoms with Crippen molar-refractivity contribution in [3.63, 3.8) is 0 Å². The van der Waals surface area contributed by atoms with E-state index in [0.717, 1.165) is 0 Å². The highest BCUT2D eigenvalue weighted by atomic mass is 16.3. The Morgan fingerprint density at radius 3 is 1.52 bits per heavy atom. The molecule has 144 valence electrons. The second-order valence-electron chi connectivity index (χ2n) is 6.22. The Hall–Kier alpha value is -3.02. The molecule has 0 heterocycles. The van der Waals surface area contributed by atoms with Crippen molar-refractivity contribution >= 4 is 11.8 Å². The van der Waals surface area contributed by atoms with Crippen LogP contribution in [0.2, 0.25) is 0 Å². The number of nitrogens with zero attached hydrogens (tertiary/aromatic N) is 2. The molecule has 0 radical (unpaired) electrons. The number of phenolic OH excluding ortho intramolecular Hbond substituents is 2. The number of carbonyl (C=O) groups is 2. The first-order chi connectivity index (χ1) is 13.0. The van der Waals surface area contributed by atoms with Gasteiger partial charge in [0.2, 0.25) is 0 Å². The third-order valence-electron chi connectivity index (χ3n) is 4.38. The van der Waals surface area contributed by atoms with Crippen molar-refractivity contribution in [2.24, 2.45) is 0 Å². The highest BCUT2D eigenvalue weighted by Gasteiger charge is 2.17. The summed E-state index contributed by atoms with van der Waals surface area (Å²) in [5, 5.41) is 19.1. The molecule has 0 aliphatic carbocycles. The van der Waals surface area contributed by atoms with Crippen LogP contribution in [-0.4, -0.2) is 58.0 Å². The molecule has 0 spiro atoms. The SMILES string of the molecule is CCN(CCCN(CC)C(=O)c1cccc(O)c1)C(=O)c1cccc(O)c1. The Morgan fingerprint density at radius 2 is 1.19 bits per heavy atom. The molecule has 2 aromatic carbocycles. The predicted octanol–water partition coefficient (Wildman–Crippen LogP) is 3.11. The van der Waals surface area contributed by atoms with E-state index >= 15 is 0 Å². The first-order valence-corrected chi connectivity index (χ1v) is 9.12.